The average Bonchev–Trinajstić information content (AvgIpc) is 2.72. The molecule has 0 amide bonds. The van der Waals surface area contributed by atoms with Crippen LogP contribution < -0.4 is 5.32 Å². The summed E-state index contributed by atoms with van der Waals surface area (Å²) in [5.41, 5.74) is 0. The topological polar surface area (TPSA) is 18.5 Å². The molecule has 0 aromatic carbocycles. The van der Waals surface area contributed by atoms with E-state index in [0.717, 1.165) is 12.1 Å². The van der Waals surface area contributed by atoms with E-state index < -0.39 is 0 Å². The van der Waals surface area contributed by atoms with E-state index in [9.17, 15) is 0 Å². The highest BCUT2D eigenvalue weighted by Gasteiger charge is 2.32. The van der Waals surface area contributed by atoms with Gasteiger partial charge >= 0.3 is 0 Å². The Hall–Kier alpha value is -0.120. The van der Waals surface area contributed by atoms with Crippen LogP contribution in [0.2, 0.25) is 0 Å². The molecule has 3 heteroatoms. The Bertz CT molecular complexity index is 269. The lowest BCUT2D eigenvalue weighted by atomic mass is 9.98. The Morgan fingerprint density at radius 2 is 1.90 bits per heavy atom. The molecule has 2 aliphatic heterocycles. The molecule has 2 rings (SSSR count). The van der Waals surface area contributed by atoms with E-state index >= 15 is 0 Å². The van der Waals surface area contributed by atoms with Crippen molar-refractivity contribution in [2.75, 3.05) is 32.7 Å². The average molecular weight is 281 g/mol. The van der Waals surface area contributed by atoms with Gasteiger partial charge in [-0.1, -0.05) is 20.8 Å². The number of piperazine rings is 1. The van der Waals surface area contributed by atoms with Gasteiger partial charge in [-0.15, -0.1) is 0 Å². The SMILES string of the molecule is CCCN1CCCC(N2CC(CC)NCC2CC)CC1. The predicted molar refractivity (Wildman–Crippen MR) is 87.2 cm³/mol. The lowest BCUT2D eigenvalue weighted by Gasteiger charge is -2.44. The molecule has 0 radical (unpaired) electrons. The molecule has 2 heterocycles. The molecule has 0 spiro atoms. The maximum absolute atomic E-state index is 3.73. The van der Waals surface area contributed by atoms with Gasteiger partial charge in [-0.25, -0.2) is 0 Å². The lowest BCUT2D eigenvalue weighted by molar-refractivity contribution is 0.0697. The summed E-state index contributed by atoms with van der Waals surface area (Å²) in [6.45, 7) is 13.4. The maximum atomic E-state index is 3.73. The van der Waals surface area contributed by atoms with Crippen LogP contribution in [0.4, 0.5) is 0 Å². The number of hydrogen-bond acceptors (Lipinski definition) is 3. The first-order valence-corrected chi connectivity index (χ1v) is 8.99. The van der Waals surface area contributed by atoms with Crippen molar-refractivity contribution < 1.29 is 0 Å². The minimum Gasteiger partial charge on any atom is -0.311 e. The molecule has 1 N–H and O–H groups in total. The molecular weight excluding hydrogens is 246 g/mol. The summed E-state index contributed by atoms with van der Waals surface area (Å²) in [5, 5.41) is 3.73. The summed E-state index contributed by atoms with van der Waals surface area (Å²) >= 11 is 0. The number of hydrogen-bond donors (Lipinski definition) is 1. The Labute approximate surface area is 126 Å². The van der Waals surface area contributed by atoms with Crippen LogP contribution in [0.3, 0.4) is 0 Å². The van der Waals surface area contributed by atoms with Gasteiger partial charge in [0.1, 0.15) is 0 Å². The van der Waals surface area contributed by atoms with Gasteiger partial charge in [0.15, 0.2) is 0 Å². The second kappa shape index (κ2) is 8.35. The minimum atomic E-state index is 0.716. The highest BCUT2D eigenvalue weighted by atomic mass is 15.3. The van der Waals surface area contributed by atoms with E-state index in [1.807, 2.05) is 0 Å². The Morgan fingerprint density at radius 3 is 2.60 bits per heavy atom. The zero-order valence-electron chi connectivity index (χ0n) is 13.9. The van der Waals surface area contributed by atoms with E-state index in [0.29, 0.717) is 6.04 Å². The largest absolute Gasteiger partial charge is 0.311 e. The standard InChI is InChI=1S/C17H35N3/c1-4-10-19-11-7-8-17(9-12-19)20-14-15(5-2)18-13-16(20)6-3/h15-18H,4-14H2,1-3H3. The van der Waals surface area contributed by atoms with Crippen LogP contribution in [0.1, 0.15) is 59.3 Å². The van der Waals surface area contributed by atoms with Crippen molar-refractivity contribution in [3.8, 4) is 0 Å². The van der Waals surface area contributed by atoms with Crippen molar-refractivity contribution in [3.63, 3.8) is 0 Å². The molecule has 0 bridgehead atoms. The minimum absolute atomic E-state index is 0.716. The van der Waals surface area contributed by atoms with Crippen molar-refractivity contribution in [2.24, 2.45) is 0 Å². The van der Waals surface area contributed by atoms with E-state index in [1.54, 1.807) is 0 Å². The molecule has 3 atom stereocenters. The molecule has 2 aliphatic rings. The summed E-state index contributed by atoms with van der Waals surface area (Å²) in [5.74, 6) is 0. The highest BCUT2D eigenvalue weighted by Crippen LogP contribution is 2.23. The Morgan fingerprint density at radius 1 is 1.05 bits per heavy atom. The third-order valence-corrected chi connectivity index (χ3v) is 5.31. The van der Waals surface area contributed by atoms with E-state index in [2.05, 4.69) is 35.9 Å². The third-order valence-electron chi connectivity index (χ3n) is 5.31. The fourth-order valence-corrected chi connectivity index (χ4v) is 4.00. The molecule has 0 aromatic heterocycles. The zero-order chi connectivity index (χ0) is 14.4. The number of nitrogens with zero attached hydrogens (tertiary/aromatic N) is 2. The smallest absolute Gasteiger partial charge is 0.0221 e. The van der Waals surface area contributed by atoms with E-state index in [1.165, 1.54) is 71.2 Å². The predicted octanol–water partition coefficient (Wildman–Crippen LogP) is 2.71. The van der Waals surface area contributed by atoms with Crippen LogP contribution in [0, 0.1) is 0 Å². The molecular formula is C17H35N3. The molecule has 2 fully saturated rings. The monoisotopic (exact) mass is 281 g/mol. The molecule has 0 saturated carbocycles. The highest BCUT2D eigenvalue weighted by molar-refractivity contribution is 4.90. The van der Waals surface area contributed by atoms with Gasteiger partial charge < -0.3 is 10.2 Å². The summed E-state index contributed by atoms with van der Waals surface area (Å²) in [6, 6.07) is 2.31. The van der Waals surface area contributed by atoms with Crippen molar-refractivity contribution in [3.05, 3.63) is 0 Å². The van der Waals surface area contributed by atoms with Crippen molar-refractivity contribution in [2.45, 2.75) is 77.4 Å². The third kappa shape index (κ3) is 4.19. The number of nitrogens with one attached hydrogen (secondary N) is 1. The first-order valence-electron chi connectivity index (χ1n) is 8.99. The first-order chi connectivity index (χ1) is 9.78. The van der Waals surface area contributed by atoms with Gasteiger partial charge in [0.25, 0.3) is 0 Å². The summed E-state index contributed by atoms with van der Waals surface area (Å²) in [6.07, 6.45) is 8.04. The fraction of sp³-hybridized carbons (Fsp3) is 1.00. The van der Waals surface area contributed by atoms with Crippen LogP contribution in [0.25, 0.3) is 0 Å². The van der Waals surface area contributed by atoms with Gasteiger partial charge in [0.05, 0.1) is 0 Å². The molecule has 3 unspecified atom stereocenters. The van der Waals surface area contributed by atoms with Crippen LogP contribution in [0.5, 0.6) is 0 Å². The van der Waals surface area contributed by atoms with E-state index in [4.69, 9.17) is 0 Å². The summed E-state index contributed by atoms with van der Waals surface area (Å²) in [7, 11) is 0. The molecule has 3 nitrogen and oxygen atoms in total. The van der Waals surface area contributed by atoms with Gasteiger partial charge in [-0.2, -0.15) is 0 Å². The molecule has 2 saturated heterocycles. The maximum Gasteiger partial charge on any atom is 0.0221 e. The van der Waals surface area contributed by atoms with Crippen molar-refractivity contribution in [1.82, 2.24) is 15.1 Å². The second-order valence-corrected chi connectivity index (χ2v) is 6.70. The van der Waals surface area contributed by atoms with Gasteiger partial charge in [0, 0.05) is 31.2 Å². The first kappa shape index (κ1) is 16.3. The molecule has 118 valence electrons. The Kier molecular flexibility index (Phi) is 6.79. The van der Waals surface area contributed by atoms with Crippen LogP contribution >= 0.6 is 0 Å². The lowest BCUT2D eigenvalue weighted by Crippen LogP contribution is -2.59. The zero-order valence-corrected chi connectivity index (χ0v) is 13.9. The van der Waals surface area contributed by atoms with Crippen LogP contribution in [-0.2, 0) is 0 Å². The molecule has 0 aliphatic carbocycles. The van der Waals surface area contributed by atoms with Crippen LogP contribution in [-0.4, -0.2) is 60.6 Å². The van der Waals surface area contributed by atoms with Crippen LogP contribution in [0.15, 0.2) is 0 Å². The molecule has 0 aromatic rings. The number of likely N-dealkylation sites (tertiary alicyclic amines) is 1. The summed E-state index contributed by atoms with van der Waals surface area (Å²) < 4.78 is 0. The normalized spacial score (nSPS) is 34.0. The summed E-state index contributed by atoms with van der Waals surface area (Å²) in [4.78, 5) is 5.54. The van der Waals surface area contributed by atoms with Gasteiger partial charge in [0.2, 0.25) is 0 Å². The van der Waals surface area contributed by atoms with Crippen molar-refractivity contribution >= 4 is 0 Å². The van der Waals surface area contributed by atoms with Gasteiger partial charge in [-0.3, -0.25) is 4.90 Å². The molecule has 20 heavy (non-hydrogen) atoms. The Balaban J connectivity index is 1.93. The van der Waals surface area contributed by atoms with Crippen molar-refractivity contribution in [1.29, 1.82) is 0 Å². The van der Waals surface area contributed by atoms with E-state index in [-0.39, 0.29) is 0 Å². The quantitative estimate of drug-likeness (QED) is 0.836. The van der Waals surface area contributed by atoms with Gasteiger partial charge in [-0.05, 0) is 58.2 Å². The fourth-order valence-electron chi connectivity index (χ4n) is 4.00. The number of rotatable bonds is 5. The second-order valence-electron chi connectivity index (χ2n) is 6.70.